The van der Waals surface area contributed by atoms with Crippen LogP contribution in [0, 0.1) is 17.2 Å². The lowest BCUT2D eigenvalue weighted by Crippen LogP contribution is -2.37. The van der Waals surface area contributed by atoms with Crippen molar-refractivity contribution < 1.29 is 4.79 Å². The minimum atomic E-state index is -0.825. The van der Waals surface area contributed by atoms with Crippen molar-refractivity contribution in [1.82, 2.24) is 14.5 Å². The van der Waals surface area contributed by atoms with Crippen molar-refractivity contribution in [3.8, 4) is 6.07 Å². The normalized spacial score (nSPS) is 20.2. The average molecular weight is 289 g/mol. The van der Waals surface area contributed by atoms with Crippen molar-refractivity contribution in [3.05, 3.63) is 54.4 Å². The van der Waals surface area contributed by atoms with Crippen molar-refractivity contribution in [2.24, 2.45) is 5.92 Å². The smallest absolute Gasteiger partial charge is 0.246 e. The number of hydrogen-bond acceptors (Lipinski definition) is 4. The van der Waals surface area contributed by atoms with Gasteiger partial charge in [0.05, 0.1) is 23.1 Å². The number of benzene rings is 1. The summed E-state index contributed by atoms with van der Waals surface area (Å²) in [7, 11) is 0. The Balaban J connectivity index is 2.03. The molecule has 0 saturated carbocycles. The number of fused-ring (bicyclic) bond motifs is 3. The van der Waals surface area contributed by atoms with Gasteiger partial charge in [0.2, 0.25) is 11.9 Å². The van der Waals surface area contributed by atoms with Crippen LogP contribution in [0.4, 0.5) is 5.95 Å². The number of imidazole rings is 1. The number of pyridine rings is 1. The van der Waals surface area contributed by atoms with Crippen molar-refractivity contribution in [1.29, 1.82) is 5.26 Å². The monoisotopic (exact) mass is 289 g/mol. The molecule has 1 N–H and O–H groups in total. The molecule has 1 aromatic carbocycles. The Hall–Kier alpha value is -3.20. The summed E-state index contributed by atoms with van der Waals surface area (Å²) >= 11 is 0. The van der Waals surface area contributed by atoms with E-state index in [9.17, 15) is 10.1 Å². The lowest BCUT2D eigenvalue weighted by molar-refractivity contribution is -0.119. The molecule has 0 radical (unpaired) electrons. The molecule has 1 aliphatic rings. The van der Waals surface area contributed by atoms with Crippen LogP contribution in [-0.4, -0.2) is 20.4 Å². The molecule has 0 spiro atoms. The third-order valence-electron chi connectivity index (χ3n) is 3.87. The second kappa shape index (κ2) is 4.67. The molecule has 0 fully saturated rings. The van der Waals surface area contributed by atoms with E-state index in [1.807, 2.05) is 34.9 Å². The number of anilines is 1. The molecule has 2 atom stereocenters. The van der Waals surface area contributed by atoms with E-state index in [2.05, 4.69) is 21.4 Å². The molecule has 6 heteroatoms. The Morgan fingerprint density at radius 2 is 2.09 bits per heavy atom. The van der Waals surface area contributed by atoms with Gasteiger partial charge in [0, 0.05) is 12.4 Å². The molecule has 2 aromatic heterocycles. The fraction of sp³-hybridized carbons (Fsp3) is 0.125. The predicted octanol–water partition coefficient (Wildman–Crippen LogP) is 2.11. The standard InChI is InChI=1S/C16H11N5O/c17-8-11-14(10-4-3-7-18-9-10)21-13-6-2-1-5-12(13)19-16(21)20-15(11)22/h1-7,9,11,14H,(H,19,20,22)/t11-,14+/m0/s1. The van der Waals surface area contributed by atoms with Gasteiger partial charge < -0.3 is 4.57 Å². The van der Waals surface area contributed by atoms with Gasteiger partial charge in [0.25, 0.3) is 0 Å². The highest BCUT2D eigenvalue weighted by molar-refractivity contribution is 5.97. The van der Waals surface area contributed by atoms with Gasteiger partial charge in [-0.3, -0.25) is 15.1 Å². The molecule has 22 heavy (non-hydrogen) atoms. The Kier molecular flexibility index (Phi) is 2.66. The largest absolute Gasteiger partial charge is 0.300 e. The molecule has 3 heterocycles. The van der Waals surface area contributed by atoms with Crippen LogP contribution in [-0.2, 0) is 4.79 Å². The number of nitriles is 1. The number of hydrogen-bond donors (Lipinski definition) is 1. The van der Waals surface area contributed by atoms with Crippen LogP contribution in [0.3, 0.4) is 0 Å². The molecule has 106 valence electrons. The van der Waals surface area contributed by atoms with E-state index in [0.717, 1.165) is 16.6 Å². The van der Waals surface area contributed by atoms with Crippen molar-refractivity contribution in [3.63, 3.8) is 0 Å². The maximum Gasteiger partial charge on any atom is 0.246 e. The summed E-state index contributed by atoms with van der Waals surface area (Å²) in [5.74, 6) is -0.694. The van der Waals surface area contributed by atoms with Gasteiger partial charge in [-0.1, -0.05) is 18.2 Å². The van der Waals surface area contributed by atoms with E-state index in [1.165, 1.54) is 0 Å². The van der Waals surface area contributed by atoms with Crippen LogP contribution in [0.15, 0.2) is 48.8 Å². The minimum absolute atomic E-state index is 0.334. The lowest BCUT2D eigenvalue weighted by Gasteiger charge is -2.29. The number of carbonyl (C=O) groups is 1. The first-order valence-corrected chi connectivity index (χ1v) is 6.87. The highest BCUT2D eigenvalue weighted by atomic mass is 16.2. The maximum atomic E-state index is 12.2. The number of nitrogens with zero attached hydrogens (tertiary/aromatic N) is 4. The molecule has 0 bridgehead atoms. The fourth-order valence-corrected chi connectivity index (χ4v) is 2.92. The molecule has 4 rings (SSSR count). The van der Waals surface area contributed by atoms with Gasteiger partial charge in [-0.25, -0.2) is 4.98 Å². The zero-order valence-corrected chi connectivity index (χ0v) is 11.5. The minimum Gasteiger partial charge on any atom is -0.300 e. The summed E-state index contributed by atoms with van der Waals surface area (Å²) in [6.45, 7) is 0. The van der Waals surface area contributed by atoms with E-state index in [1.54, 1.807) is 18.5 Å². The first kappa shape index (κ1) is 12.5. The zero-order valence-electron chi connectivity index (χ0n) is 11.5. The van der Waals surface area contributed by atoms with Crippen LogP contribution >= 0.6 is 0 Å². The third kappa shape index (κ3) is 1.69. The average Bonchev–Trinajstić information content (AvgIpc) is 2.92. The van der Waals surface area contributed by atoms with Crippen LogP contribution in [0.1, 0.15) is 11.6 Å². The number of para-hydroxylation sites is 2. The van der Waals surface area contributed by atoms with Gasteiger partial charge in [-0.15, -0.1) is 0 Å². The van der Waals surface area contributed by atoms with Crippen molar-refractivity contribution in [2.75, 3.05) is 5.32 Å². The summed E-state index contributed by atoms with van der Waals surface area (Å²) in [4.78, 5) is 20.8. The topological polar surface area (TPSA) is 83.6 Å². The van der Waals surface area contributed by atoms with Crippen LogP contribution in [0.2, 0.25) is 0 Å². The summed E-state index contributed by atoms with van der Waals surface area (Å²) < 4.78 is 1.90. The first-order chi connectivity index (χ1) is 10.8. The van der Waals surface area contributed by atoms with Crippen molar-refractivity contribution in [2.45, 2.75) is 6.04 Å². The highest BCUT2D eigenvalue weighted by Gasteiger charge is 2.38. The summed E-state index contributed by atoms with van der Waals surface area (Å²) in [5.41, 5.74) is 2.48. The highest BCUT2D eigenvalue weighted by Crippen LogP contribution is 2.37. The Morgan fingerprint density at radius 1 is 1.23 bits per heavy atom. The van der Waals surface area contributed by atoms with Gasteiger partial charge in [0.15, 0.2) is 5.92 Å². The van der Waals surface area contributed by atoms with E-state index >= 15 is 0 Å². The summed E-state index contributed by atoms with van der Waals surface area (Å²) in [6.07, 6.45) is 3.35. The van der Waals surface area contributed by atoms with Crippen LogP contribution in [0.25, 0.3) is 11.0 Å². The van der Waals surface area contributed by atoms with Crippen LogP contribution in [0.5, 0.6) is 0 Å². The third-order valence-corrected chi connectivity index (χ3v) is 3.87. The lowest BCUT2D eigenvalue weighted by atomic mass is 9.92. The molecule has 3 aromatic rings. The van der Waals surface area contributed by atoms with E-state index in [4.69, 9.17) is 0 Å². The summed E-state index contributed by atoms with van der Waals surface area (Å²) in [6, 6.07) is 13.0. The van der Waals surface area contributed by atoms with Crippen LogP contribution < -0.4 is 5.32 Å². The van der Waals surface area contributed by atoms with Gasteiger partial charge in [0.1, 0.15) is 0 Å². The molecule has 0 aliphatic carbocycles. The first-order valence-electron chi connectivity index (χ1n) is 6.87. The Morgan fingerprint density at radius 3 is 2.86 bits per heavy atom. The van der Waals surface area contributed by atoms with Gasteiger partial charge >= 0.3 is 0 Å². The molecular formula is C16H11N5O. The second-order valence-electron chi connectivity index (χ2n) is 5.12. The predicted molar refractivity (Wildman–Crippen MR) is 79.8 cm³/mol. The zero-order chi connectivity index (χ0) is 15.1. The van der Waals surface area contributed by atoms with Crippen molar-refractivity contribution >= 4 is 22.9 Å². The van der Waals surface area contributed by atoms with E-state index < -0.39 is 12.0 Å². The van der Waals surface area contributed by atoms with E-state index in [-0.39, 0.29) is 5.91 Å². The fourth-order valence-electron chi connectivity index (χ4n) is 2.92. The van der Waals surface area contributed by atoms with Gasteiger partial charge in [-0.2, -0.15) is 5.26 Å². The number of amides is 1. The quantitative estimate of drug-likeness (QED) is 0.743. The molecule has 6 nitrogen and oxygen atoms in total. The number of rotatable bonds is 1. The number of nitrogens with one attached hydrogen (secondary N) is 1. The SMILES string of the molecule is N#C[C@@H]1C(=O)Nc2nc3ccccc3n2[C@@H]1c1cccnc1. The Bertz CT molecular complexity index is 909. The maximum absolute atomic E-state index is 12.2. The summed E-state index contributed by atoms with van der Waals surface area (Å²) in [5, 5.41) is 12.2. The van der Waals surface area contributed by atoms with E-state index in [0.29, 0.717) is 5.95 Å². The second-order valence-corrected chi connectivity index (χ2v) is 5.12. The molecular weight excluding hydrogens is 278 g/mol. The van der Waals surface area contributed by atoms with Gasteiger partial charge in [-0.05, 0) is 23.8 Å². The molecule has 1 aliphatic heterocycles. The number of carbonyl (C=O) groups excluding carboxylic acids is 1. The molecule has 1 amide bonds. The number of aromatic nitrogens is 3. The molecule has 0 unspecified atom stereocenters. The Labute approximate surface area is 126 Å². The molecule has 0 saturated heterocycles.